The van der Waals surface area contributed by atoms with Gasteiger partial charge < -0.3 is 10.2 Å². The quantitative estimate of drug-likeness (QED) is 0.860. The Morgan fingerprint density at radius 3 is 2.82 bits per heavy atom. The van der Waals surface area contributed by atoms with Crippen molar-refractivity contribution < 1.29 is 9.59 Å². The molecule has 1 aromatic rings. The van der Waals surface area contributed by atoms with Crippen LogP contribution in [-0.4, -0.2) is 46.1 Å². The van der Waals surface area contributed by atoms with Gasteiger partial charge in [0.25, 0.3) is 0 Å². The van der Waals surface area contributed by atoms with Crippen LogP contribution in [0.15, 0.2) is 6.07 Å². The number of aromatic nitrogens is 2. The van der Waals surface area contributed by atoms with Crippen LogP contribution in [0.5, 0.6) is 0 Å². The Labute approximate surface area is 131 Å². The Kier molecular flexibility index (Phi) is 5.57. The third-order valence-electron chi connectivity index (χ3n) is 3.99. The van der Waals surface area contributed by atoms with Crippen molar-refractivity contribution in [1.82, 2.24) is 20.0 Å². The standard InChI is InChI=1S/C16H26N4O2/c1-12(10-20-14(3)8-13(2)18-20)9-17-15(21)11-19-7-5-4-6-16(19)22/h8,12H,4-7,9-11H2,1-3H3,(H,17,21). The molecule has 22 heavy (non-hydrogen) atoms. The van der Waals surface area contributed by atoms with Gasteiger partial charge in [-0.3, -0.25) is 14.3 Å². The van der Waals surface area contributed by atoms with Gasteiger partial charge in [0.2, 0.25) is 11.8 Å². The van der Waals surface area contributed by atoms with E-state index in [1.807, 2.05) is 24.6 Å². The predicted octanol–water partition coefficient (Wildman–Crippen LogP) is 1.26. The van der Waals surface area contributed by atoms with E-state index in [2.05, 4.69) is 17.3 Å². The molecule has 0 spiro atoms. The van der Waals surface area contributed by atoms with E-state index in [4.69, 9.17) is 0 Å². The van der Waals surface area contributed by atoms with Gasteiger partial charge in [0.1, 0.15) is 0 Å². The molecule has 1 aliphatic rings. The van der Waals surface area contributed by atoms with Crippen LogP contribution < -0.4 is 5.32 Å². The molecule has 1 fully saturated rings. The first kappa shape index (κ1) is 16.5. The first-order valence-corrected chi connectivity index (χ1v) is 8.01. The van der Waals surface area contributed by atoms with E-state index in [1.165, 1.54) is 0 Å². The highest BCUT2D eigenvalue weighted by Crippen LogP contribution is 2.10. The zero-order chi connectivity index (χ0) is 16.1. The minimum Gasteiger partial charge on any atom is -0.354 e. The zero-order valence-electron chi connectivity index (χ0n) is 13.8. The zero-order valence-corrected chi connectivity index (χ0v) is 13.8. The van der Waals surface area contributed by atoms with E-state index >= 15 is 0 Å². The SMILES string of the molecule is Cc1cc(C)n(CC(C)CNC(=O)CN2CCCCC2=O)n1. The Bertz CT molecular complexity index is 538. The molecule has 0 aliphatic carbocycles. The number of carbonyl (C=O) groups is 2. The largest absolute Gasteiger partial charge is 0.354 e. The molecule has 6 nitrogen and oxygen atoms in total. The molecule has 2 heterocycles. The first-order chi connectivity index (χ1) is 10.5. The van der Waals surface area contributed by atoms with Crippen molar-refractivity contribution in [3.05, 3.63) is 17.5 Å². The molecule has 2 rings (SSSR count). The minimum absolute atomic E-state index is 0.0736. The summed E-state index contributed by atoms with van der Waals surface area (Å²) in [7, 11) is 0. The summed E-state index contributed by atoms with van der Waals surface area (Å²) in [5.74, 6) is 0.312. The lowest BCUT2D eigenvalue weighted by Gasteiger charge is -2.26. The van der Waals surface area contributed by atoms with Crippen LogP contribution in [0, 0.1) is 19.8 Å². The predicted molar refractivity (Wildman–Crippen MR) is 84.3 cm³/mol. The number of amides is 2. The number of hydrogen-bond acceptors (Lipinski definition) is 3. The normalized spacial score (nSPS) is 16.7. The van der Waals surface area contributed by atoms with Crippen molar-refractivity contribution in [2.75, 3.05) is 19.6 Å². The summed E-state index contributed by atoms with van der Waals surface area (Å²) < 4.78 is 1.97. The molecular formula is C16H26N4O2. The van der Waals surface area contributed by atoms with E-state index < -0.39 is 0 Å². The number of likely N-dealkylation sites (tertiary alicyclic amines) is 1. The summed E-state index contributed by atoms with van der Waals surface area (Å²) in [6.45, 7) is 8.36. The van der Waals surface area contributed by atoms with Gasteiger partial charge in [-0.1, -0.05) is 6.92 Å². The van der Waals surface area contributed by atoms with Crippen LogP contribution in [0.2, 0.25) is 0 Å². The lowest BCUT2D eigenvalue weighted by molar-refractivity contribution is -0.137. The number of nitrogens with one attached hydrogen (secondary N) is 1. The molecule has 2 amide bonds. The van der Waals surface area contributed by atoms with Crippen LogP contribution in [0.4, 0.5) is 0 Å². The van der Waals surface area contributed by atoms with Gasteiger partial charge in [-0.05, 0) is 38.7 Å². The fourth-order valence-electron chi connectivity index (χ4n) is 2.77. The summed E-state index contributed by atoms with van der Waals surface area (Å²) in [5, 5.41) is 7.35. The Balaban J connectivity index is 1.73. The molecule has 0 saturated carbocycles. The second-order valence-electron chi connectivity index (χ2n) is 6.29. The fourth-order valence-corrected chi connectivity index (χ4v) is 2.77. The van der Waals surface area contributed by atoms with Crippen molar-refractivity contribution >= 4 is 11.8 Å². The molecule has 1 aliphatic heterocycles. The van der Waals surface area contributed by atoms with Gasteiger partial charge in [0, 0.05) is 31.7 Å². The fraction of sp³-hybridized carbons (Fsp3) is 0.688. The number of carbonyl (C=O) groups excluding carboxylic acids is 2. The number of nitrogens with zero attached hydrogens (tertiary/aromatic N) is 3. The highest BCUT2D eigenvalue weighted by molar-refractivity contribution is 5.85. The number of hydrogen-bond donors (Lipinski definition) is 1. The van der Waals surface area contributed by atoms with Gasteiger partial charge in [0.05, 0.1) is 12.2 Å². The van der Waals surface area contributed by atoms with E-state index in [0.29, 0.717) is 25.4 Å². The van der Waals surface area contributed by atoms with Crippen LogP contribution in [0.3, 0.4) is 0 Å². The average molecular weight is 306 g/mol. The molecule has 1 unspecified atom stereocenters. The molecule has 1 saturated heterocycles. The molecule has 6 heteroatoms. The summed E-state index contributed by atoms with van der Waals surface area (Å²) in [4.78, 5) is 25.3. The van der Waals surface area contributed by atoms with E-state index in [-0.39, 0.29) is 18.4 Å². The molecule has 1 atom stereocenters. The van der Waals surface area contributed by atoms with Gasteiger partial charge >= 0.3 is 0 Å². The van der Waals surface area contributed by atoms with Crippen LogP contribution in [-0.2, 0) is 16.1 Å². The highest BCUT2D eigenvalue weighted by atomic mass is 16.2. The molecule has 0 radical (unpaired) electrons. The highest BCUT2D eigenvalue weighted by Gasteiger charge is 2.20. The Morgan fingerprint density at radius 2 is 2.18 bits per heavy atom. The maximum atomic E-state index is 12.0. The Hall–Kier alpha value is -1.85. The summed E-state index contributed by atoms with van der Waals surface area (Å²) in [5.41, 5.74) is 2.15. The molecule has 1 aromatic heterocycles. The number of aryl methyl sites for hydroxylation is 2. The average Bonchev–Trinajstić information content (AvgIpc) is 2.77. The van der Waals surface area contributed by atoms with Crippen molar-refractivity contribution in [2.45, 2.75) is 46.6 Å². The van der Waals surface area contributed by atoms with Gasteiger partial charge in [-0.2, -0.15) is 5.10 Å². The van der Waals surface area contributed by atoms with Gasteiger partial charge in [-0.15, -0.1) is 0 Å². The van der Waals surface area contributed by atoms with Crippen LogP contribution in [0.1, 0.15) is 37.6 Å². The van der Waals surface area contributed by atoms with E-state index in [0.717, 1.165) is 30.8 Å². The monoisotopic (exact) mass is 306 g/mol. The van der Waals surface area contributed by atoms with E-state index in [9.17, 15) is 9.59 Å². The lowest BCUT2D eigenvalue weighted by atomic mass is 10.1. The third kappa shape index (κ3) is 4.58. The second kappa shape index (κ2) is 7.42. The molecule has 0 aromatic carbocycles. The minimum atomic E-state index is -0.0736. The second-order valence-corrected chi connectivity index (χ2v) is 6.29. The number of rotatable bonds is 6. The molecule has 1 N–H and O–H groups in total. The van der Waals surface area contributed by atoms with Crippen molar-refractivity contribution in [3.8, 4) is 0 Å². The van der Waals surface area contributed by atoms with E-state index in [1.54, 1.807) is 4.90 Å². The van der Waals surface area contributed by atoms with Gasteiger partial charge in [-0.25, -0.2) is 0 Å². The smallest absolute Gasteiger partial charge is 0.239 e. The first-order valence-electron chi connectivity index (χ1n) is 8.01. The summed E-state index contributed by atoms with van der Waals surface area (Å²) in [6, 6.07) is 2.05. The lowest BCUT2D eigenvalue weighted by Crippen LogP contribution is -2.44. The van der Waals surface area contributed by atoms with Gasteiger partial charge in [0.15, 0.2) is 0 Å². The summed E-state index contributed by atoms with van der Waals surface area (Å²) >= 11 is 0. The van der Waals surface area contributed by atoms with Crippen molar-refractivity contribution in [3.63, 3.8) is 0 Å². The van der Waals surface area contributed by atoms with Crippen LogP contribution >= 0.6 is 0 Å². The molecule has 0 bridgehead atoms. The maximum absolute atomic E-state index is 12.0. The topological polar surface area (TPSA) is 67.2 Å². The third-order valence-corrected chi connectivity index (χ3v) is 3.99. The molecule has 122 valence electrons. The van der Waals surface area contributed by atoms with Crippen molar-refractivity contribution in [2.24, 2.45) is 5.92 Å². The van der Waals surface area contributed by atoms with Crippen molar-refractivity contribution in [1.29, 1.82) is 0 Å². The number of piperidine rings is 1. The Morgan fingerprint density at radius 1 is 1.41 bits per heavy atom. The van der Waals surface area contributed by atoms with Crippen LogP contribution in [0.25, 0.3) is 0 Å². The molecular weight excluding hydrogens is 280 g/mol. The summed E-state index contributed by atoms with van der Waals surface area (Å²) in [6.07, 6.45) is 2.51. The maximum Gasteiger partial charge on any atom is 0.239 e.